The third-order valence-electron chi connectivity index (χ3n) is 3.55. The summed E-state index contributed by atoms with van der Waals surface area (Å²) in [7, 11) is -3.70. The highest BCUT2D eigenvalue weighted by molar-refractivity contribution is 7.92. The molecule has 0 bridgehead atoms. The van der Waals surface area contributed by atoms with Crippen LogP contribution in [0.4, 0.5) is 5.69 Å². The van der Waals surface area contributed by atoms with Gasteiger partial charge in [-0.05, 0) is 32.9 Å². The Morgan fingerprint density at radius 1 is 1.13 bits per heavy atom. The lowest BCUT2D eigenvalue weighted by molar-refractivity contribution is 0.600. The van der Waals surface area contributed by atoms with Gasteiger partial charge in [-0.3, -0.25) is 9.82 Å². The van der Waals surface area contributed by atoms with Crippen LogP contribution in [-0.4, -0.2) is 28.6 Å². The Labute approximate surface area is 134 Å². The van der Waals surface area contributed by atoms with Crippen LogP contribution in [0.3, 0.4) is 0 Å². The van der Waals surface area contributed by atoms with Crippen molar-refractivity contribution in [2.75, 3.05) is 4.72 Å². The first-order valence-corrected chi connectivity index (χ1v) is 8.51. The maximum absolute atomic E-state index is 12.6. The molecule has 0 spiro atoms. The Morgan fingerprint density at radius 3 is 2.52 bits per heavy atom. The zero-order valence-electron chi connectivity index (χ0n) is 13.0. The Bertz CT molecular complexity index is 936. The average molecular weight is 331 g/mol. The minimum absolute atomic E-state index is 0.179. The second kappa shape index (κ2) is 5.54. The van der Waals surface area contributed by atoms with Crippen molar-refractivity contribution in [3.05, 3.63) is 47.7 Å². The van der Waals surface area contributed by atoms with Crippen LogP contribution in [0.5, 0.6) is 0 Å². The molecule has 23 heavy (non-hydrogen) atoms. The number of H-pyrrole nitrogens is 2. The fourth-order valence-corrected chi connectivity index (χ4v) is 3.95. The summed E-state index contributed by atoms with van der Waals surface area (Å²) in [5.74, 6) is 0. The van der Waals surface area contributed by atoms with Crippen LogP contribution in [0.2, 0.25) is 0 Å². The molecule has 3 N–H and O–H groups in total. The molecule has 0 fully saturated rings. The molecule has 0 unspecified atom stereocenters. The predicted octanol–water partition coefficient (Wildman–Crippen LogP) is 2.53. The van der Waals surface area contributed by atoms with Crippen LogP contribution in [-0.2, 0) is 10.0 Å². The molecule has 3 rings (SSSR count). The number of nitrogens with one attached hydrogen (secondary N) is 3. The standard InChI is InChI=1S/C15H17N5O2S/c1-9-14(17-8-16-9)12-5-4-6-13(7-12)20-23(21,22)15-10(2)18-19-11(15)3/h4-8,20H,1-3H3,(H,16,17)(H,18,19). The van der Waals surface area contributed by atoms with E-state index in [0.29, 0.717) is 17.1 Å². The summed E-state index contributed by atoms with van der Waals surface area (Å²) in [6.07, 6.45) is 1.61. The van der Waals surface area contributed by atoms with Crippen molar-refractivity contribution >= 4 is 15.7 Å². The first kappa shape index (κ1) is 15.3. The fourth-order valence-electron chi connectivity index (χ4n) is 2.52. The van der Waals surface area contributed by atoms with Crippen molar-refractivity contribution in [2.24, 2.45) is 0 Å². The number of hydrogen-bond acceptors (Lipinski definition) is 4. The molecule has 2 aromatic heterocycles. The van der Waals surface area contributed by atoms with E-state index in [1.165, 1.54) is 0 Å². The lowest BCUT2D eigenvalue weighted by Crippen LogP contribution is -2.14. The summed E-state index contributed by atoms with van der Waals surface area (Å²) < 4.78 is 27.8. The van der Waals surface area contributed by atoms with Crippen molar-refractivity contribution in [3.63, 3.8) is 0 Å². The quantitative estimate of drug-likeness (QED) is 0.683. The van der Waals surface area contributed by atoms with E-state index in [-0.39, 0.29) is 4.90 Å². The van der Waals surface area contributed by atoms with E-state index in [1.807, 2.05) is 13.0 Å². The monoisotopic (exact) mass is 331 g/mol. The van der Waals surface area contributed by atoms with Crippen LogP contribution < -0.4 is 4.72 Å². The number of aromatic nitrogens is 4. The van der Waals surface area contributed by atoms with Gasteiger partial charge in [0.2, 0.25) is 0 Å². The lowest BCUT2D eigenvalue weighted by Gasteiger charge is -2.09. The molecular formula is C15H17N5O2S. The van der Waals surface area contributed by atoms with E-state index in [9.17, 15) is 8.42 Å². The maximum Gasteiger partial charge on any atom is 0.265 e. The van der Waals surface area contributed by atoms with Gasteiger partial charge in [0.05, 0.1) is 23.4 Å². The van der Waals surface area contributed by atoms with E-state index in [4.69, 9.17) is 0 Å². The Morgan fingerprint density at radius 2 is 1.91 bits per heavy atom. The third kappa shape index (κ3) is 2.85. The molecule has 7 nitrogen and oxygen atoms in total. The topological polar surface area (TPSA) is 104 Å². The van der Waals surface area contributed by atoms with Gasteiger partial charge in [-0.25, -0.2) is 13.4 Å². The summed E-state index contributed by atoms with van der Waals surface area (Å²) in [6.45, 7) is 5.25. The number of rotatable bonds is 4. The molecule has 2 heterocycles. The van der Waals surface area contributed by atoms with Crippen molar-refractivity contribution in [1.29, 1.82) is 0 Å². The van der Waals surface area contributed by atoms with Gasteiger partial charge in [0, 0.05) is 16.9 Å². The summed E-state index contributed by atoms with van der Waals surface area (Å²) in [6, 6.07) is 7.13. The molecule has 0 aliphatic rings. The van der Waals surface area contributed by atoms with Gasteiger partial charge in [-0.15, -0.1) is 0 Å². The van der Waals surface area contributed by atoms with Gasteiger partial charge < -0.3 is 4.98 Å². The van der Waals surface area contributed by atoms with Crippen LogP contribution in [0.1, 0.15) is 17.1 Å². The number of aryl methyl sites for hydroxylation is 3. The van der Waals surface area contributed by atoms with Crippen LogP contribution in [0.15, 0.2) is 35.5 Å². The molecule has 0 aliphatic heterocycles. The number of sulfonamides is 1. The Hall–Kier alpha value is -2.61. The number of benzene rings is 1. The number of nitrogens with zero attached hydrogens (tertiary/aromatic N) is 2. The van der Waals surface area contributed by atoms with E-state index < -0.39 is 10.0 Å². The molecule has 0 aliphatic carbocycles. The molecular weight excluding hydrogens is 314 g/mol. The van der Waals surface area contributed by atoms with Crippen molar-refractivity contribution in [2.45, 2.75) is 25.7 Å². The van der Waals surface area contributed by atoms with E-state index in [0.717, 1.165) is 17.0 Å². The minimum Gasteiger partial charge on any atom is -0.348 e. The zero-order chi connectivity index (χ0) is 16.6. The molecule has 0 atom stereocenters. The molecule has 0 amide bonds. The van der Waals surface area contributed by atoms with Crippen molar-refractivity contribution in [3.8, 4) is 11.3 Å². The van der Waals surface area contributed by atoms with Crippen LogP contribution in [0, 0.1) is 20.8 Å². The molecule has 3 aromatic rings. The first-order chi connectivity index (χ1) is 10.9. The van der Waals surface area contributed by atoms with Gasteiger partial charge in [0.1, 0.15) is 4.90 Å². The van der Waals surface area contributed by atoms with Gasteiger partial charge in [0.15, 0.2) is 0 Å². The summed E-state index contributed by atoms with van der Waals surface area (Å²) in [5, 5.41) is 6.62. The zero-order valence-corrected chi connectivity index (χ0v) is 13.8. The molecule has 0 saturated heterocycles. The highest BCUT2D eigenvalue weighted by Gasteiger charge is 2.22. The van der Waals surface area contributed by atoms with Crippen LogP contribution >= 0.6 is 0 Å². The molecule has 120 valence electrons. The highest BCUT2D eigenvalue weighted by Crippen LogP contribution is 2.25. The lowest BCUT2D eigenvalue weighted by atomic mass is 10.1. The summed E-state index contributed by atoms with van der Waals surface area (Å²) in [5.41, 5.74) is 3.98. The van der Waals surface area contributed by atoms with Gasteiger partial charge in [0.25, 0.3) is 10.0 Å². The van der Waals surface area contributed by atoms with E-state index >= 15 is 0 Å². The number of aromatic amines is 2. The number of anilines is 1. The maximum atomic E-state index is 12.6. The minimum atomic E-state index is -3.70. The fraction of sp³-hybridized carbons (Fsp3) is 0.200. The van der Waals surface area contributed by atoms with E-state index in [1.54, 1.807) is 38.4 Å². The largest absolute Gasteiger partial charge is 0.348 e. The number of imidazole rings is 1. The highest BCUT2D eigenvalue weighted by atomic mass is 32.2. The smallest absolute Gasteiger partial charge is 0.265 e. The molecule has 0 radical (unpaired) electrons. The van der Waals surface area contributed by atoms with Gasteiger partial charge in [-0.2, -0.15) is 5.10 Å². The normalized spacial score (nSPS) is 11.6. The molecule has 1 aromatic carbocycles. The SMILES string of the molecule is Cc1n[nH]c(C)c1S(=O)(=O)Nc1cccc(-c2nc[nH]c2C)c1. The first-order valence-electron chi connectivity index (χ1n) is 7.03. The third-order valence-corrected chi connectivity index (χ3v) is 5.19. The summed E-state index contributed by atoms with van der Waals surface area (Å²) >= 11 is 0. The summed E-state index contributed by atoms with van der Waals surface area (Å²) in [4.78, 5) is 7.44. The van der Waals surface area contributed by atoms with Gasteiger partial charge in [-0.1, -0.05) is 12.1 Å². The molecule has 0 saturated carbocycles. The second-order valence-electron chi connectivity index (χ2n) is 5.33. The predicted molar refractivity (Wildman–Crippen MR) is 87.6 cm³/mol. The van der Waals surface area contributed by atoms with Crippen LogP contribution in [0.25, 0.3) is 11.3 Å². The van der Waals surface area contributed by atoms with Gasteiger partial charge >= 0.3 is 0 Å². The Balaban J connectivity index is 1.97. The Kier molecular flexibility index (Phi) is 3.69. The molecule has 8 heteroatoms. The van der Waals surface area contributed by atoms with Crippen molar-refractivity contribution < 1.29 is 8.42 Å². The average Bonchev–Trinajstić information content (AvgIpc) is 3.05. The van der Waals surface area contributed by atoms with Crippen molar-refractivity contribution in [1.82, 2.24) is 20.2 Å². The number of hydrogen-bond donors (Lipinski definition) is 3. The van der Waals surface area contributed by atoms with E-state index in [2.05, 4.69) is 24.9 Å². The second-order valence-corrected chi connectivity index (χ2v) is 6.94.